The van der Waals surface area contributed by atoms with Crippen molar-refractivity contribution in [3.05, 3.63) is 52.5 Å². The monoisotopic (exact) mass is 428 g/mol. The molecule has 2 aromatic carbocycles. The molecule has 0 N–H and O–H groups in total. The zero-order valence-electron chi connectivity index (χ0n) is 17.7. The van der Waals surface area contributed by atoms with Crippen LogP contribution in [0.2, 0.25) is 5.02 Å². The molecule has 0 unspecified atom stereocenters. The smallest absolute Gasteiger partial charge is 0.254 e. The van der Waals surface area contributed by atoms with Crippen LogP contribution in [-0.4, -0.2) is 50.2 Å². The fourth-order valence-electron chi connectivity index (χ4n) is 4.63. The van der Waals surface area contributed by atoms with Crippen molar-refractivity contribution in [2.24, 2.45) is 0 Å². The zero-order valence-corrected chi connectivity index (χ0v) is 18.5. The summed E-state index contributed by atoms with van der Waals surface area (Å²) in [5.74, 6) is 0.976. The Morgan fingerprint density at radius 3 is 2.67 bits per heavy atom. The highest BCUT2D eigenvalue weighted by molar-refractivity contribution is 6.32. The van der Waals surface area contributed by atoms with E-state index in [2.05, 4.69) is 29.2 Å². The molecular weight excluding hydrogens is 400 g/mol. The molecule has 2 heterocycles. The number of anilines is 1. The second-order valence-electron chi connectivity index (χ2n) is 7.87. The molecule has 0 aromatic heterocycles. The first-order valence-electron chi connectivity index (χ1n) is 10.8. The number of likely N-dealkylation sites (tertiary alicyclic amines) is 1. The Morgan fingerprint density at radius 1 is 1.17 bits per heavy atom. The number of carbonyl (C=O) groups is 1. The lowest BCUT2D eigenvalue weighted by molar-refractivity contribution is 0.0711. The first-order chi connectivity index (χ1) is 14.6. The van der Waals surface area contributed by atoms with Gasteiger partial charge in [0.1, 0.15) is 0 Å². The van der Waals surface area contributed by atoms with Gasteiger partial charge in [-0.1, -0.05) is 29.8 Å². The number of methoxy groups -OCH3 is 1. The van der Waals surface area contributed by atoms with Gasteiger partial charge in [-0.3, -0.25) is 4.79 Å². The Balaban J connectivity index is 1.45. The second kappa shape index (κ2) is 9.17. The average Bonchev–Trinajstić information content (AvgIpc) is 2.79. The largest absolute Gasteiger partial charge is 0.493 e. The summed E-state index contributed by atoms with van der Waals surface area (Å²) in [5, 5.41) is 0.402. The predicted octanol–water partition coefficient (Wildman–Crippen LogP) is 4.80. The number of benzene rings is 2. The topological polar surface area (TPSA) is 42.0 Å². The molecule has 30 heavy (non-hydrogen) atoms. The Labute approximate surface area is 183 Å². The van der Waals surface area contributed by atoms with Gasteiger partial charge in [-0.25, -0.2) is 0 Å². The predicted molar refractivity (Wildman–Crippen MR) is 120 cm³/mol. The molecule has 0 atom stereocenters. The van der Waals surface area contributed by atoms with Crippen molar-refractivity contribution in [2.75, 3.05) is 38.3 Å². The van der Waals surface area contributed by atoms with Crippen LogP contribution in [0, 0.1) is 0 Å². The van der Waals surface area contributed by atoms with Crippen LogP contribution in [0.3, 0.4) is 0 Å². The molecule has 160 valence electrons. The van der Waals surface area contributed by atoms with Gasteiger partial charge in [0.2, 0.25) is 0 Å². The molecule has 2 aliphatic heterocycles. The fourth-order valence-corrected chi connectivity index (χ4v) is 4.90. The molecule has 0 spiro atoms. The Kier molecular flexibility index (Phi) is 6.38. The first-order valence-corrected chi connectivity index (χ1v) is 11.1. The highest BCUT2D eigenvalue weighted by atomic mass is 35.5. The molecule has 2 aliphatic rings. The average molecular weight is 429 g/mol. The number of amides is 1. The Morgan fingerprint density at radius 2 is 1.93 bits per heavy atom. The molecule has 2 aromatic rings. The van der Waals surface area contributed by atoms with Crippen LogP contribution in [0.4, 0.5) is 5.69 Å². The third-order valence-corrected chi connectivity index (χ3v) is 6.38. The lowest BCUT2D eigenvalue weighted by Crippen LogP contribution is -2.48. The normalized spacial score (nSPS) is 16.9. The molecule has 0 aliphatic carbocycles. The van der Waals surface area contributed by atoms with Gasteiger partial charge in [0.05, 0.1) is 18.7 Å². The van der Waals surface area contributed by atoms with E-state index in [-0.39, 0.29) is 5.91 Å². The molecule has 1 fully saturated rings. The van der Waals surface area contributed by atoms with Gasteiger partial charge >= 0.3 is 0 Å². The van der Waals surface area contributed by atoms with Crippen LogP contribution >= 0.6 is 11.6 Å². The third-order valence-electron chi connectivity index (χ3n) is 6.10. The molecule has 1 saturated heterocycles. The Hall–Kier alpha value is -2.40. The van der Waals surface area contributed by atoms with Crippen molar-refractivity contribution in [3.8, 4) is 11.5 Å². The molecule has 0 saturated carbocycles. The number of fused-ring (bicyclic) bond motifs is 1. The van der Waals surface area contributed by atoms with Crippen molar-refractivity contribution in [2.45, 2.75) is 38.6 Å². The molecule has 5 nitrogen and oxygen atoms in total. The molecule has 0 radical (unpaired) electrons. The lowest BCUT2D eigenvalue weighted by atomic mass is 9.95. The number of nitrogens with zero attached hydrogens (tertiary/aromatic N) is 2. The minimum Gasteiger partial charge on any atom is -0.493 e. The summed E-state index contributed by atoms with van der Waals surface area (Å²) < 4.78 is 11.0. The highest BCUT2D eigenvalue weighted by Gasteiger charge is 2.30. The molecular formula is C24H29ClN2O3. The van der Waals surface area contributed by atoms with E-state index in [1.807, 2.05) is 11.8 Å². The minimum atomic E-state index is -0.00394. The van der Waals surface area contributed by atoms with E-state index < -0.39 is 0 Å². The summed E-state index contributed by atoms with van der Waals surface area (Å²) in [5.41, 5.74) is 3.36. The van der Waals surface area contributed by atoms with Crippen molar-refractivity contribution in [1.29, 1.82) is 0 Å². The number of aryl methyl sites for hydroxylation is 1. The minimum absolute atomic E-state index is 0.00394. The van der Waals surface area contributed by atoms with Crippen molar-refractivity contribution in [3.63, 3.8) is 0 Å². The Bertz CT molecular complexity index is 909. The summed E-state index contributed by atoms with van der Waals surface area (Å²) in [4.78, 5) is 17.6. The van der Waals surface area contributed by atoms with Crippen LogP contribution in [0.5, 0.6) is 11.5 Å². The van der Waals surface area contributed by atoms with Gasteiger partial charge in [0.25, 0.3) is 5.91 Å². The summed E-state index contributed by atoms with van der Waals surface area (Å²) in [6.45, 7) is 4.96. The van der Waals surface area contributed by atoms with E-state index in [0.29, 0.717) is 34.7 Å². The highest BCUT2D eigenvalue weighted by Crippen LogP contribution is 2.37. The van der Waals surface area contributed by atoms with E-state index in [1.54, 1.807) is 19.2 Å². The van der Waals surface area contributed by atoms with Gasteiger partial charge in [-0.15, -0.1) is 0 Å². The molecule has 6 heteroatoms. The van der Waals surface area contributed by atoms with Gasteiger partial charge in [-0.2, -0.15) is 0 Å². The van der Waals surface area contributed by atoms with Crippen LogP contribution < -0.4 is 14.4 Å². The standard InChI is InChI=1S/C24H29ClN2O3/c1-3-30-23-20(25)15-18(16-22(23)29-2)24(28)26-13-10-19(11-14-26)27-12-6-8-17-7-4-5-9-21(17)27/h4-5,7,9,15-16,19H,3,6,8,10-14H2,1-2H3. The maximum Gasteiger partial charge on any atom is 0.254 e. The lowest BCUT2D eigenvalue weighted by Gasteiger charge is -2.42. The summed E-state index contributed by atoms with van der Waals surface area (Å²) >= 11 is 6.37. The van der Waals surface area contributed by atoms with Crippen molar-refractivity contribution < 1.29 is 14.3 Å². The van der Waals surface area contributed by atoms with Crippen molar-refractivity contribution in [1.82, 2.24) is 4.90 Å². The number of ether oxygens (including phenoxy) is 2. The number of para-hydroxylation sites is 1. The van der Waals surface area contributed by atoms with E-state index in [1.165, 1.54) is 17.7 Å². The fraction of sp³-hybridized carbons (Fsp3) is 0.458. The molecule has 4 rings (SSSR count). The van der Waals surface area contributed by atoms with Gasteiger partial charge in [-0.05, 0) is 56.4 Å². The van der Waals surface area contributed by atoms with Crippen LogP contribution in [0.1, 0.15) is 42.1 Å². The summed E-state index contributed by atoms with van der Waals surface area (Å²) in [6, 6.07) is 12.6. The van der Waals surface area contributed by atoms with Crippen LogP contribution in [0.15, 0.2) is 36.4 Å². The maximum absolute atomic E-state index is 13.1. The molecule has 0 bridgehead atoms. The van der Waals surface area contributed by atoms with Gasteiger partial charge in [0, 0.05) is 36.9 Å². The number of carbonyl (C=O) groups excluding carboxylic acids is 1. The number of rotatable bonds is 5. The van der Waals surface area contributed by atoms with E-state index in [4.69, 9.17) is 21.1 Å². The van der Waals surface area contributed by atoms with Crippen LogP contribution in [0.25, 0.3) is 0 Å². The van der Waals surface area contributed by atoms with Gasteiger partial charge < -0.3 is 19.3 Å². The summed E-state index contributed by atoms with van der Waals surface area (Å²) in [6.07, 6.45) is 4.30. The SMILES string of the molecule is CCOc1c(Cl)cc(C(=O)N2CCC(N3CCCc4ccccc43)CC2)cc1OC. The second-order valence-corrected chi connectivity index (χ2v) is 8.28. The number of halogens is 1. The van der Waals surface area contributed by atoms with E-state index >= 15 is 0 Å². The number of hydrogen-bond donors (Lipinski definition) is 0. The zero-order chi connectivity index (χ0) is 21.1. The number of hydrogen-bond acceptors (Lipinski definition) is 4. The number of piperidine rings is 1. The summed E-state index contributed by atoms with van der Waals surface area (Å²) in [7, 11) is 1.56. The first kappa shape index (κ1) is 20.9. The van der Waals surface area contributed by atoms with Crippen LogP contribution in [-0.2, 0) is 6.42 Å². The third kappa shape index (κ3) is 4.08. The van der Waals surface area contributed by atoms with Gasteiger partial charge in [0.15, 0.2) is 11.5 Å². The van der Waals surface area contributed by atoms with E-state index in [0.717, 1.165) is 38.9 Å². The maximum atomic E-state index is 13.1. The van der Waals surface area contributed by atoms with E-state index in [9.17, 15) is 4.79 Å². The quantitative estimate of drug-likeness (QED) is 0.685. The molecule has 1 amide bonds. The van der Waals surface area contributed by atoms with Crippen molar-refractivity contribution >= 4 is 23.2 Å².